The first kappa shape index (κ1) is 17.5. The van der Waals surface area contributed by atoms with Crippen LogP contribution < -0.4 is 4.74 Å². The Bertz CT molecular complexity index is 470. The molecule has 1 aromatic rings. The maximum atomic E-state index is 11.7. The summed E-state index contributed by atoms with van der Waals surface area (Å²) in [7, 11) is -3.37. The zero-order valence-electron chi connectivity index (χ0n) is 11.4. The van der Waals surface area contributed by atoms with Gasteiger partial charge >= 0.3 is 0 Å². The molecule has 114 valence electrons. The van der Waals surface area contributed by atoms with Gasteiger partial charge in [-0.3, -0.25) is 0 Å². The van der Waals surface area contributed by atoms with Gasteiger partial charge in [0.05, 0.1) is 23.9 Å². The van der Waals surface area contributed by atoms with Gasteiger partial charge in [0.2, 0.25) is 0 Å². The van der Waals surface area contributed by atoms with Crippen molar-refractivity contribution >= 4 is 25.8 Å². The SMILES string of the molecule is O=S(=O)(CCO)c1ccc(OCCCCCCBr)cc1. The number of hydrogen-bond donors (Lipinski definition) is 1. The van der Waals surface area contributed by atoms with E-state index in [9.17, 15) is 8.42 Å². The summed E-state index contributed by atoms with van der Waals surface area (Å²) in [5, 5.41) is 9.76. The Labute approximate surface area is 129 Å². The van der Waals surface area contributed by atoms with Crippen molar-refractivity contribution in [3.05, 3.63) is 24.3 Å². The number of aliphatic hydroxyl groups excluding tert-OH is 1. The van der Waals surface area contributed by atoms with Crippen molar-refractivity contribution in [3.8, 4) is 5.75 Å². The number of unbranched alkanes of at least 4 members (excludes halogenated alkanes) is 3. The molecule has 6 heteroatoms. The van der Waals surface area contributed by atoms with Gasteiger partial charge in [-0.15, -0.1) is 0 Å². The van der Waals surface area contributed by atoms with E-state index in [-0.39, 0.29) is 17.3 Å². The van der Waals surface area contributed by atoms with Crippen molar-refractivity contribution in [3.63, 3.8) is 0 Å². The lowest BCUT2D eigenvalue weighted by Gasteiger charge is -2.07. The molecule has 20 heavy (non-hydrogen) atoms. The molecule has 1 N–H and O–H groups in total. The number of hydrogen-bond acceptors (Lipinski definition) is 4. The second-order valence-corrected chi connectivity index (χ2v) is 7.37. The first-order valence-electron chi connectivity index (χ1n) is 6.72. The molecule has 0 saturated heterocycles. The summed E-state index contributed by atoms with van der Waals surface area (Å²) >= 11 is 3.39. The zero-order valence-corrected chi connectivity index (χ0v) is 13.8. The fraction of sp³-hybridized carbons (Fsp3) is 0.571. The van der Waals surface area contributed by atoms with Crippen LogP contribution in [0.1, 0.15) is 25.7 Å². The average Bonchev–Trinajstić information content (AvgIpc) is 2.43. The third-order valence-corrected chi connectivity index (χ3v) is 5.11. The normalized spacial score (nSPS) is 11.5. The number of aliphatic hydroxyl groups is 1. The minimum Gasteiger partial charge on any atom is -0.494 e. The largest absolute Gasteiger partial charge is 0.494 e. The van der Waals surface area contributed by atoms with E-state index in [0.29, 0.717) is 12.4 Å². The van der Waals surface area contributed by atoms with Crippen LogP contribution in [-0.4, -0.2) is 37.8 Å². The molecular formula is C14H21BrO4S. The van der Waals surface area contributed by atoms with Crippen LogP contribution in [0.3, 0.4) is 0 Å². The van der Waals surface area contributed by atoms with E-state index in [1.807, 2.05) is 0 Å². The van der Waals surface area contributed by atoms with Crippen molar-refractivity contribution in [2.24, 2.45) is 0 Å². The summed E-state index contributed by atoms with van der Waals surface area (Å²) in [6, 6.07) is 6.35. The molecule has 0 aliphatic rings. The van der Waals surface area contributed by atoms with Gasteiger partial charge in [0, 0.05) is 5.33 Å². The topological polar surface area (TPSA) is 63.6 Å². The predicted molar refractivity (Wildman–Crippen MR) is 83.3 cm³/mol. The Balaban J connectivity index is 2.39. The second kappa shape index (κ2) is 9.37. The maximum Gasteiger partial charge on any atom is 0.180 e. The van der Waals surface area contributed by atoms with E-state index >= 15 is 0 Å². The molecule has 0 aliphatic carbocycles. The number of benzene rings is 1. The van der Waals surface area contributed by atoms with E-state index in [1.54, 1.807) is 12.1 Å². The molecule has 1 rings (SSSR count). The minimum absolute atomic E-state index is 0.219. The Morgan fingerprint density at radius 1 is 1.05 bits per heavy atom. The highest BCUT2D eigenvalue weighted by Gasteiger charge is 2.13. The van der Waals surface area contributed by atoms with Crippen LogP contribution in [0.15, 0.2) is 29.2 Å². The van der Waals surface area contributed by atoms with E-state index in [2.05, 4.69) is 15.9 Å². The lowest BCUT2D eigenvalue weighted by molar-refractivity contribution is 0.305. The molecule has 1 aromatic carbocycles. The number of alkyl halides is 1. The van der Waals surface area contributed by atoms with Crippen LogP contribution in [0.25, 0.3) is 0 Å². The van der Waals surface area contributed by atoms with Gasteiger partial charge in [-0.2, -0.15) is 0 Å². The molecule has 0 atom stereocenters. The summed E-state index contributed by atoms with van der Waals surface area (Å²) in [6.45, 7) is 0.278. The molecular weight excluding hydrogens is 344 g/mol. The van der Waals surface area contributed by atoms with Crippen LogP contribution in [0.5, 0.6) is 5.75 Å². The third-order valence-electron chi connectivity index (χ3n) is 2.84. The molecule has 0 amide bonds. The fourth-order valence-corrected chi connectivity index (χ4v) is 3.14. The van der Waals surface area contributed by atoms with Gasteiger partial charge < -0.3 is 9.84 Å². The lowest BCUT2D eigenvalue weighted by atomic mass is 10.2. The molecule has 0 heterocycles. The standard InChI is InChI=1S/C14H21BrO4S/c15-9-3-1-2-4-11-19-13-5-7-14(8-6-13)20(17,18)12-10-16/h5-8,16H,1-4,9-12H2. The minimum atomic E-state index is -3.37. The summed E-state index contributed by atoms with van der Waals surface area (Å²) < 4.78 is 29.0. The van der Waals surface area contributed by atoms with Gasteiger partial charge in [-0.05, 0) is 37.1 Å². The van der Waals surface area contributed by atoms with E-state index in [1.165, 1.54) is 25.0 Å². The molecule has 0 fully saturated rings. The number of ether oxygens (including phenoxy) is 1. The Morgan fingerprint density at radius 3 is 2.30 bits per heavy atom. The maximum absolute atomic E-state index is 11.7. The molecule has 0 saturated carbocycles. The predicted octanol–water partition coefficient (Wildman–Crippen LogP) is 2.79. The van der Waals surface area contributed by atoms with Crippen molar-refractivity contribution in [2.75, 3.05) is 24.3 Å². The summed E-state index contributed by atoms with van der Waals surface area (Å²) in [6.07, 6.45) is 4.50. The zero-order chi connectivity index (χ0) is 14.8. The highest BCUT2D eigenvalue weighted by atomic mass is 79.9. The van der Waals surface area contributed by atoms with Crippen LogP contribution in [0.4, 0.5) is 0 Å². The molecule has 4 nitrogen and oxygen atoms in total. The molecule has 0 spiro atoms. The molecule has 0 aromatic heterocycles. The Kier molecular flexibility index (Phi) is 8.18. The van der Waals surface area contributed by atoms with Gasteiger partial charge in [-0.25, -0.2) is 8.42 Å². The number of halogens is 1. The lowest BCUT2D eigenvalue weighted by Crippen LogP contribution is -2.09. The van der Waals surface area contributed by atoms with Crippen LogP contribution >= 0.6 is 15.9 Å². The molecule has 0 aliphatic heterocycles. The van der Waals surface area contributed by atoms with Gasteiger partial charge in [0.1, 0.15) is 5.75 Å². The Hall–Kier alpha value is -0.590. The quantitative estimate of drug-likeness (QED) is 0.512. The third kappa shape index (κ3) is 6.24. The van der Waals surface area contributed by atoms with Crippen LogP contribution in [-0.2, 0) is 9.84 Å². The fourth-order valence-electron chi connectivity index (χ4n) is 1.72. The van der Waals surface area contributed by atoms with Gasteiger partial charge in [0.15, 0.2) is 9.84 Å². The summed E-state index contributed by atoms with van der Waals surface area (Å²) in [5.74, 6) is 0.425. The smallest absolute Gasteiger partial charge is 0.180 e. The summed E-state index contributed by atoms with van der Waals surface area (Å²) in [4.78, 5) is 0.219. The van der Waals surface area contributed by atoms with Crippen molar-refractivity contribution in [1.29, 1.82) is 0 Å². The van der Waals surface area contributed by atoms with Crippen molar-refractivity contribution in [2.45, 2.75) is 30.6 Å². The summed E-state index contributed by atoms with van der Waals surface area (Å²) in [5.41, 5.74) is 0. The average molecular weight is 365 g/mol. The van der Waals surface area contributed by atoms with E-state index in [0.717, 1.165) is 18.2 Å². The van der Waals surface area contributed by atoms with Crippen LogP contribution in [0.2, 0.25) is 0 Å². The first-order chi connectivity index (χ1) is 9.60. The van der Waals surface area contributed by atoms with Gasteiger partial charge in [0.25, 0.3) is 0 Å². The first-order valence-corrected chi connectivity index (χ1v) is 9.50. The van der Waals surface area contributed by atoms with Gasteiger partial charge in [-0.1, -0.05) is 28.8 Å². The molecule has 0 unspecified atom stereocenters. The molecule has 0 bridgehead atoms. The van der Waals surface area contributed by atoms with E-state index < -0.39 is 9.84 Å². The highest BCUT2D eigenvalue weighted by Crippen LogP contribution is 2.17. The second-order valence-electron chi connectivity index (χ2n) is 4.47. The highest BCUT2D eigenvalue weighted by molar-refractivity contribution is 9.09. The Morgan fingerprint density at radius 2 is 1.70 bits per heavy atom. The van der Waals surface area contributed by atoms with Crippen molar-refractivity contribution < 1.29 is 18.3 Å². The molecule has 0 radical (unpaired) electrons. The number of sulfone groups is 1. The van der Waals surface area contributed by atoms with Crippen molar-refractivity contribution in [1.82, 2.24) is 0 Å². The van der Waals surface area contributed by atoms with Crippen LogP contribution in [0, 0.1) is 0 Å². The number of rotatable bonds is 10. The monoisotopic (exact) mass is 364 g/mol. The van der Waals surface area contributed by atoms with E-state index in [4.69, 9.17) is 9.84 Å².